The molecule has 0 saturated carbocycles. The van der Waals surface area contributed by atoms with Crippen LogP contribution in [0.2, 0.25) is 0 Å². The average molecular weight is 473 g/mol. The van der Waals surface area contributed by atoms with Crippen LogP contribution in [0.15, 0.2) is 54.7 Å². The van der Waals surface area contributed by atoms with Gasteiger partial charge in [-0.05, 0) is 35.7 Å². The number of aromatic nitrogens is 4. The Morgan fingerprint density at radius 2 is 1.85 bits per heavy atom. The Morgan fingerprint density at radius 3 is 2.50 bits per heavy atom. The SMILES string of the molecule is CC[C@@](O)(c1cn(Cc2ccc3c(-c4ccccc4F)cc(C(N)=O)nc3c2)nn1)C(F)(F)F. The quantitative estimate of drug-likeness (QED) is 0.413. The molecule has 0 bridgehead atoms. The van der Waals surface area contributed by atoms with Gasteiger partial charge in [0.2, 0.25) is 5.60 Å². The van der Waals surface area contributed by atoms with E-state index in [4.69, 9.17) is 5.73 Å². The fraction of sp³-hybridized carbons (Fsp3) is 0.217. The Kier molecular flexibility index (Phi) is 5.82. The number of nitrogens with zero attached hydrogens (tertiary/aromatic N) is 4. The molecule has 3 N–H and O–H groups in total. The van der Waals surface area contributed by atoms with Gasteiger partial charge >= 0.3 is 6.18 Å². The van der Waals surface area contributed by atoms with Crippen LogP contribution in [0.3, 0.4) is 0 Å². The number of carbonyl (C=O) groups excluding carboxylic acids is 1. The van der Waals surface area contributed by atoms with E-state index >= 15 is 0 Å². The number of hydrogen-bond acceptors (Lipinski definition) is 5. The summed E-state index contributed by atoms with van der Waals surface area (Å²) in [6.07, 6.45) is -4.51. The maximum atomic E-state index is 14.5. The second-order valence-corrected chi connectivity index (χ2v) is 7.76. The van der Waals surface area contributed by atoms with Crippen LogP contribution in [0, 0.1) is 5.82 Å². The van der Waals surface area contributed by atoms with Gasteiger partial charge in [-0.1, -0.05) is 42.5 Å². The zero-order chi connectivity index (χ0) is 24.7. The van der Waals surface area contributed by atoms with Gasteiger partial charge in [0.05, 0.1) is 18.3 Å². The van der Waals surface area contributed by atoms with Crippen molar-refractivity contribution in [2.75, 3.05) is 0 Å². The molecule has 0 radical (unpaired) electrons. The first-order valence-electron chi connectivity index (χ1n) is 10.2. The van der Waals surface area contributed by atoms with E-state index in [1.54, 1.807) is 36.4 Å². The lowest BCUT2D eigenvalue weighted by Gasteiger charge is -2.26. The number of alkyl halides is 3. The molecule has 0 aliphatic carbocycles. The molecule has 2 aromatic carbocycles. The van der Waals surface area contributed by atoms with E-state index in [0.717, 1.165) is 10.9 Å². The van der Waals surface area contributed by atoms with Crippen LogP contribution < -0.4 is 5.73 Å². The topological polar surface area (TPSA) is 107 Å². The van der Waals surface area contributed by atoms with Crippen LogP contribution in [0.1, 0.15) is 35.1 Å². The number of fused-ring (bicyclic) bond motifs is 1. The molecule has 0 unspecified atom stereocenters. The Hall–Kier alpha value is -3.86. The number of amides is 1. The minimum absolute atomic E-state index is 0.0120. The molecular formula is C23H19F4N5O2. The highest BCUT2D eigenvalue weighted by Gasteiger charge is 2.55. The first kappa shape index (κ1) is 23.3. The van der Waals surface area contributed by atoms with Crippen molar-refractivity contribution in [3.05, 3.63) is 77.5 Å². The van der Waals surface area contributed by atoms with Crippen molar-refractivity contribution in [1.29, 1.82) is 0 Å². The summed E-state index contributed by atoms with van der Waals surface area (Å²) >= 11 is 0. The van der Waals surface area contributed by atoms with Crippen LogP contribution in [0.25, 0.3) is 22.0 Å². The Bertz CT molecular complexity index is 1390. The van der Waals surface area contributed by atoms with Gasteiger partial charge < -0.3 is 10.8 Å². The maximum Gasteiger partial charge on any atom is 0.423 e. The maximum absolute atomic E-state index is 14.5. The second-order valence-electron chi connectivity index (χ2n) is 7.76. The van der Waals surface area contributed by atoms with E-state index in [0.29, 0.717) is 22.0 Å². The summed E-state index contributed by atoms with van der Waals surface area (Å²) in [5, 5.41) is 17.8. The number of carbonyl (C=O) groups is 1. The lowest BCUT2D eigenvalue weighted by atomic mass is 9.96. The second kappa shape index (κ2) is 8.49. The molecule has 1 amide bonds. The smallest absolute Gasteiger partial charge is 0.375 e. The molecule has 176 valence electrons. The van der Waals surface area contributed by atoms with Crippen molar-refractivity contribution in [3.63, 3.8) is 0 Å². The summed E-state index contributed by atoms with van der Waals surface area (Å²) in [5.41, 5.74) is 3.22. The highest BCUT2D eigenvalue weighted by atomic mass is 19.4. The number of pyridine rings is 1. The summed E-state index contributed by atoms with van der Waals surface area (Å²) in [6, 6.07) is 12.4. The molecule has 0 saturated heterocycles. The van der Waals surface area contributed by atoms with E-state index in [9.17, 15) is 27.5 Å². The molecular weight excluding hydrogens is 454 g/mol. The Labute approximate surface area is 190 Å². The van der Waals surface area contributed by atoms with E-state index in [1.165, 1.54) is 19.1 Å². The van der Waals surface area contributed by atoms with Crippen molar-refractivity contribution >= 4 is 16.8 Å². The zero-order valence-corrected chi connectivity index (χ0v) is 17.8. The third kappa shape index (κ3) is 4.10. The average Bonchev–Trinajstić information content (AvgIpc) is 3.26. The van der Waals surface area contributed by atoms with E-state index in [-0.39, 0.29) is 17.8 Å². The summed E-state index contributed by atoms with van der Waals surface area (Å²) in [5.74, 6) is -1.28. The highest BCUT2D eigenvalue weighted by molar-refractivity contribution is 6.01. The van der Waals surface area contributed by atoms with Crippen molar-refractivity contribution in [2.45, 2.75) is 31.7 Å². The number of nitrogens with two attached hydrogens (primary N) is 1. The van der Waals surface area contributed by atoms with E-state index in [1.807, 2.05) is 0 Å². The van der Waals surface area contributed by atoms with Crippen LogP contribution in [0.4, 0.5) is 17.6 Å². The number of halogens is 4. The van der Waals surface area contributed by atoms with Gasteiger partial charge in [0, 0.05) is 10.9 Å². The predicted molar refractivity (Wildman–Crippen MR) is 115 cm³/mol. The molecule has 11 heteroatoms. The van der Waals surface area contributed by atoms with Crippen LogP contribution in [-0.2, 0) is 12.1 Å². The van der Waals surface area contributed by atoms with Gasteiger partial charge in [0.1, 0.15) is 17.2 Å². The summed E-state index contributed by atoms with van der Waals surface area (Å²) < 4.78 is 55.5. The van der Waals surface area contributed by atoms with Gasteiger partial charge in [0.15, 0.2) is 0 Å². The lowest BCUT2D eigenvalue weighted by Crippen LogP contribution is -2.42. The summed E-state index contributed by atoms with van der Waals surface area (Å²) in [7, 11) is 0. The van der Waals surface area contributed by atoms with Crippen LogP contribution in [0.5, 0.6) is 0 Å². The van der Waals surface area contributed by atoms with Crippen molar-refractivity contribution in [2.24, 2.45) is 5.73 Å². The highest BCUT2D eigenvalue weighted by Crippen LogP contribution is 2.40. The molecule has 7 nitrogen and oxygen atoms in total. The van der Waals surface area contributed by atoms with E-state index < -0.39 is 35.6 Å². The minimum Gasteiger partial charge on any atom is -0.375 e. The Morgan fingerprint density at radius 1 is 1.12 bits per heavy atom. The van der Waals surface area contributed by atoms with Gasteiger partial charge in [-0.3, -0.25) is 4.79 Å². The molecule has 4 aromatic rings. The molecule has 0 spiro atoms. The summed E-state index contributed by atoms with van der Waals surface area (Å²) in [4.78, 5) is 16.1. The van der Waals surface area contributed by atoms with Crippen LogP contribution >= 0.6 is 0 Å². The molecule has 2 aromatic heterocycles. The fourth-order valence-corrected chi connectivity index (χ4v) is 3.68. The molecule has 0 fully saturated rings. The number of benzene rings is 2. The van der Waals surface area contributed by atoms with Gasteiger partial charge in [-0.25, -0.2) is 14.1 Å². The number of aliphatic hydroxyl groups is 1. The van der Waals surface area contributed by atoms with Gasteiger partial charge in [0.25, 0.3) is 5.91 Å². The molecule has 2 heterocycles. The van der Waals surface area contributed by atoms with Crippen LogP contribution in [-0.4, -0.2) is 37.2 Å². The molecule has 1 atom stereocenters. The monoisotopic (exact) mass is 473 g/mol. The lowest BCUT2D eigenvalue weighted by molar-refractivity contribution is -0.269. The van der Waals surface area contributed by atoms with Gasteiger partial charge in [-0.2, -0.15) is 13.2 Å². The van der Waals surface area contributed by atoms with Crippen molar-refractivity contribution < 1.29 is 27.5 Å². The zero-order valence-electron chi connectivity index (χ0n) is 17.8. The Balaban J connectivity index is 1.75. The molecule has 4 rings (SSSR count). The van der Waals surface area contributed by atoms with Gasteiger partial charge in [-0.15, -0.1) is 5.10 Å². The number of hydrogen-bond donors (Lipinski definition) is 2. The number of primary amides is 1. The first-order chi connectivity index (χ1) is 16.0. The third-order valence-corrected chi connectivity index (χ3v) is 5.58. The standard InChI is InChI=1S/C23H19F4N5O2/c1-2-22(34,23(25,26)27)20-12-32(31-30-20)11-13-7-8-15-16(14-5-3-4-6-17(14)24)10-19(21(28)33)29-18(15)9-13/h3-10,12,34H,2,11H2,1H3,(H2,28,33)/t22-/m1/s1. The third-order valence-electron chi connectivity index (χ3n) is 5.58. The van der Waals surface area contributed by atoms with Crippen molar-refractivity contribution in [1.82, 2.24) is 20.0 Å². The minimum atomic E-state index is -4.91. The normalized spacial score (nSPS) is 13.7. The molecule has 0 aliphatic heterocycles. The fourth-order valence-electron chi connectivity index (χ4n) is 3.68. The largest absolute Gasteiger partial charge is 0.423 e. The summed E-state index contributed by atoms with van der Waals surface area (Å²) in [6.45, 7) is 1.21. The molecule has 34 heavy (non-hydrogen) atoms. The molecule has 0 aliphatic rings. The first-order valence-corrected chi connectivity index (χ1v) is 10.2. The number of rotatable bonds is 6. The van der Waals surface area contributed by atoms with Crippen molar-refractivity contribution in [3.8, 4) is 11.1 Å². The predicted octanol–water partition coefficient (Wildman–Crippen LogP) is 3.94. The van der Waals surface area contributed by atoms with E-state index in [2.05, 4.69) is 15.3 Å².